The van der Waals surface area contributed by atoms with Gasteiger partial charge in [-0.15, -0.1) is 0 Å². The molecule has 0 amide bonds. The highest BCUT2D eigenvalue weighted by Crippen LogP contribution is 2.48. The van der Waals surface area contributed by atoms with Gasteiger partial charge in [-0.25, -0.2) is 13.9 Å². The molecule has 2 aliphatic rings. The molecule has 0 N–H and O–H groups in total. The van der Waals surface area contributed by atoms with Gasteiger partial charge in [0.15, 0.2) is 5.13 Å². The van der Waals surface area contributed by atoms with Gasteiger partial charge in [-0.05, 0) is 75.4 Å². The van der Waals surface area contributed by atoms with Crippen LogP contribution in [0.3, 0.4) is 0 Å². The third-order valence-corrected chi connectivity index (χ3v) is 8.08. The van der Waals surface area contributed by atoms with Crippen LogP contribution < -0.4 is 9.80 Å². The number of nitrogens with zero attached hydrogens (tertiary/aromatic N) is 6. The SMILES string of the molecule is Cc1cc(N2CCCCC2)cc2c(N(C)c3nc(-c4ccc(F)cc4)c(C#N)s3)c(C3CC3)nn12. The highest BCUT2D eigenvalue weighted by Gasteiger charge is 2.33. The lowest BCUT2D eigenvalue weighted by Crippen LogP contribution is -2.29. The number of thiazole rings is 1. The van der Waals surface area contributed by atoms with E-state index in [-0.39, 0.29) is 5.82 Å². The number of pyridine rings is 1. The Hall–Kier alpha value is -3.44. The third-order valence-electron chi connectivity index (χ3n) is 7.04. The maximum Gasteiger partial charge on any atom is 0.191 e. The van der Waals surface area contributed by atoms with Gasteiger partial charge in [-0.2, -0.15) is 10.4 Å². The van der Waals surface area contributed by atoms with Gasteiger partial charge in [0.25, 0.3) is 0 Å². The van der Waals surface area contributed by atoms with E-state index in [1.54, 1.807) is 12.1 Å². The molecule has 0 radical (unpaired) electrons. The molecule has 2 fully saturated rings. The lowest BCUT2D eigenvalue weighted by Gasteiger charge is -2.29. The fraction of sp³-hybridized carbons (Fsp3) is 0.370. The molecule has 1 saturated carbocycles. The van der Waals surface area contributed by atoms with Crippen molar-refractivity contribution in [3.05, 3.63) is 58.5 Å². The van der Waals surface area contributed by atoms with Gasteiger partial charge >= 0.3 is 0 Å². The van der Waals surface area contributed by atoms with Crippen LogP contribution in [0.25, 0.3) is 16.8 Å². The van der Waals surface area contributed by atoms with E-state index in [9.17, 15) is 9.65 Å². The molecule has 1 aromatic carbocycles. The third kappa shape index (κ3) is 3.94. The Morgan fingerprint density at radius 2 is 1.86 bits per heavy atom. The highest BCUT2D eigenvalue weighted by atomic mass is 32.1. The molecular formula is C27H27FN6S. The Bertz CT molecular complexity index is 1440. The van der Waals surface area contributed by atoms with Gasteiger partial charge in [0.05, 0.1) is 16.9 Å². The summed E-state index contributed by atoms with van der Waals surface area (Å²) in [4.78, 5) is 9.94. The Morgan fingerprint density at radius 1 is 1.11 bits per heavy atom. The van der Waals surface area contributed by atoms with E-state index in [1.807, 2.05) is 7.05 Å². The highest BCUT2D eigenvalue weighted by molar-refractivity contribution is 7.16. The second kappa shape index (κ2) is 8.65. The molecule has 0 bridgehead atoms. The van der Waals surface area contributed by atoms with Crippen LogP contribution in [-0.2, 0) is 0 Å². The van der Waals surface area contributed by atoms with Gasteiger partial charge in [-0.3, -0.25) is 0 Å². The van der Waals surface area contributed by atoms with E-state index in [4.69, 9.17) is 10.1 Å². The van der Waals surface area contributed by atoms with Crippen LogP contribution >= 0.6 is 11.3 Å². The predicted octanol–water partition coefficient (Wildman–Crippen LogP) is 6.41. The number of aryl methyl sites for hydroxylation is 1. The summed E-state index contributed by atoms with van der Waals surface area (Å²) in [6, 6.07) is 13.0. The fourth-order valence-electron chi connectivity index (χ4n) is 5.03. The maximum atomic E-state index is 13.5. The number of rotatable bonds is 5. The first-order valence-corrected chi connectivity index (χ1v) is 13.0. The van der Waals surface area contributed by atoms with Crippen molar-refractivity contribution in [2.75, 3.05) is 29.9 Å². The van der Waals surface area contributed by atoms with Crippen molar-refractivity contribution in [3.63, 3.8) is 0 Å². The topological polar surface area (TPSA) is 60.5 Å². The zero-order chi connectivity index (χ0) is 24.1. The summed E-state index contributed by atoms with van der Waals surface area (Å²) in [6.07, 6.45) is 6.04. The normalized spacial score (nSPS) is 16.0. The number of piperidine rings is 1. The van der Waals surface area contributed by atoms with Crippen molar-refractivity contribution >= 4 is 33.4 Å². The van der Waals surface area contributed by atoms with Crippen molar-refractivity contribution in [1.82, 2.24) is 14.6 Å². The minimum absolute atomic E-state index is 0.305. The van der Waals surface area contributed by atoms with Crippen LogP contribution in [0.1, 0.15) is 54.3 Å². The molecule has 6 nitrogen and oxygen atoms in total. The molecule has 0 unspecified atom stereocenters. The number of hydrogen-bond acceptors (Lipinski definition) is 6. The van der Waals surface area contributed by atoms with Crippen molar-refractivity contribution < 1.29 is 4.39 Å². The van der Waals surface area contributed by atoms with E-state index >= 15 is 0 Å². The molecule has 4 aromatic rings. The predicted molar refractivity (Wildman–Crippen MR) is 138 cm³/mol. The first-order valence-electron chi connectivity index (χ1n) is 12.2. The summed E-state index contributed by atoms with van der Waals surface area (Å²) in [5.74, 6) is 0.150. The van der Waals surface area contributed by atoms with E-state index in [0.717, 1.165) is 59.2 Å². The molecule has 35 heavy (non-hydrogen) atoms. The van der Waals surface area contributed by atoms with Crippen LogP contribution in [-0.4, -0.2) is 34.7 Å². The number of nitriles is 1. The first-order chi connectivity index (χ1) is 17.0. The number of aromatic nitrogens is 3. The smallest absolute Gasteiger partial charge is 0.191 e. The summed E-state index contributed by atoms with van der Waals surface area (Å²) in [7, 11) is 2.01. The summed E-state index contributed by atoms with van der Waals surface area (Å²) >= 11 is 1.36. The van der Waals surface area contributed by atoms with Crippen LogP contribution in [0.5, 0.6) is 0 Å². The van der Waals surface area contributed by atoms with Crippen molar-refractivity contribution in [2.45, 2.75) is 44.9 Å². The molecule has 1 saturated heterocycles. The van der Waals surface area contributed by atoms with E-state index in [1.165, 1.54) is 48.4 Å². The van der Waals surface area contributed by atoms with Crippen LogP contribution in [0.15, 0.2) is 36.4 Å². The molecule has 4 heterocycles. The quantitative estimate of drug-likeness (QED) is 0.326. The molecule has 8 heteroatoms. The number of benzene rings is 1. The van der Waals surface area contributed by atoms with Gasteiger partial charge in [-0.1, -0.05) is 11.3 Å². The van der Waals surface area contributed by atoms with Crippen molar-refractivity contribution in [1.29, 1.82) is 5.26 Å². The average Bonchev–Trinajstić information content (AvgIpc) is 3.51. The van der Waals surface area contributed by atoms with E-state index in [0.29, 0.717) is 16.5 Å². The molecular weight excluding hydrogens is 459 g/mol. The van der Waals surface area contributed by atoms with Gasteiger partial charge in [0.1, 0.15) is 22.5 Å². The van der Waals surface area contributed by atoms with E-state index in [2.05, 4.69) is 39.4 Å². The lowest BCUT2D eigenvalue weighted by atomic mass is 10.1. The largest absolute Gasteiger partial charge is 0.371 e. The molecule has 1 aliphatic heterocycles. The second-order valence-corrected chi connectivity index (χ2v) is 10.5. The van der Waals surface area contributed by atoms with Crippen molar-refractivity contribution in [3.8, 4) is 17.3 Å². The number of anilines is 3. The number of halogens is 1. The minimum Gasteiger partial charge on any atom is -0.371 e. The summed E-state index contributed by atoms with van der Waals surface area (Å²) < 4.78 is 15.5. The Kier molecular flexibility index (Phi) is 5.45. The molecule has 1 aliphatic carbocycles. The first kappa shape index (κ1) is 22.1. The summed E-state index contributed by atoms with van der Waals surface area (Å²) in [5.41, 5.74) is 6.94. The Labute approximate surface area is 208 Å². The zero-order valence-electron chi connectivity index (χ0n) is 20.0. The number of hydrogen-bond donors (Lipinski definition) is 0. The van der Waals surface area contributed by atoms with Crippen LogP contribution in [0.2, 0.25) is 0 Å². The molecule has 0 spiro atoms. The second-order valence-electron chi connectivity index (χ2n) is 9.56. The van der Waals surface area contributed by atoms with Gasteiger partial charge in [0.2, 0.25) is 0 Å². The fourth-order valence-corrected chi connectivity index (χ4v) is 5.89. The number of fused-ring (bicyclic) bond motifs is 1. The molecule has 3 aromatic heterocycles. The van der Waals surface area contributed by atoms with Gasteiger partial charge < -0.3 is 9.80 Å². The average molecular weight is 487 g/mol. The molecule has 0 atom stereocenters. The van der Waals surface area contributed by atoms with E-state index < -0.39 is 0 Å². The monoisotopic (exact) mass is 486 g/mol. The standard InChI is InChI=1S/C27H27FN6S/c1-17-14-21(33-12-4-3-5-13-33)15-22-26(25(19-6-7-19)31-34(17)22)32(2)27-30-24(23(16-29)35-27)18-8-10-20(28)11-9-18/h8-11,14-15,19H,3-7,12-13H2,1-2H3. The minimum atomic E-state index is -0.305. The summed E-state index contributed by atoms with van der Waals surface area (Å²) in [6.45, 7) is 4.30. The van der Waals surface area contributed by atoms with Gasteiger partial charge in [0, 0.05) is 43.0 Å². The lowest BCUT2D eigenvalue weighted by molar-refractivity contribution is 0.577. The Morgan fingerprint density at radius 3 is 2.54 bits per heavy atom. The molecule has 6 rings (SSSR count). The zero-order valence-corrected chi connectivity index (χ0v) is 20.8. The molecule has 178 valence electrons. The van der Waals surface area contributed by atoms with Crippen LogP contribution in [0.4, 0.5) is 20.9 Å². The summed E-state index contributed by atoms with van der Waals surface area (Å²) in [5, 5.41) is 15.6. The van der Waals surface area contributed by atoms with Crippen LogP contribution in [0, 0.1) is 24.1 Å². The maximum absolute atomic E-state index is 13.5. The Balaban J connectivity index is 1.47. The van der Waals surface area contributed by atoms with Crippen molar-refractivity contribution in [2.24, 2.45) is 0 Å².